The van der Waals surface area contributed by atoms with Crippen molar-refractivity contribution in [1.29, 1.82) is 0 Å². The minimum Gasteiger partial charge on any atom is -0.481 e. The highest BCUT2D eigenvalue weighted by atomic mass is 16.6. The Hall–Kier alpha value is -2.37. The van der Waals surface area contributed by atoms with E-state index in [0.717, 1.165) is 0 Å². The maximum atomic E-state index is 11.7. The second-order valence-corrected chi connectivity index (χ2v) is 3.77. The summed E-state index contributed by atoms with van der Waals surface area (Å²) in [6.07, 6.45) is -1.78. The molecule has 0 heterocycles. The topological polar surface area (TPSA) is 89.9 Å². The quantitative estimate of drug-likeness (QED) is 0.779. The Kier molecular flexibility index (Phi) is 5.53. The Morgan fingerprint density at radius 3 is 2.32 bits per heavy atom. The molecule has 1 N–H and O–H groups in total. The molecule has 0 aliphatic heterocycles. The molecule has 19 heavy (non-hydrogen) atoms. The van der Waals surface area contributed by atoms with E-state index < -0.39 is 30.4 Å². The van der Waals surface area contributed by atoms with Gasteiger partial charge in [0.05, 0.1) is 25.5 Å². The Labute approximate surface area is 109 Å². The summed E-state index contributed by atoms with van der Waals surface area (Å²) in [5.41, 5.74) is 0.294. The molecule has 1 aromatic carbocycles. The van der Waals surface area contributed by atoms with Crippen LogP contribution in [0.4, 0.5) is 0 Å². The molecule has 102 valence electrons. The standard InChI is InChI=1S/C13H14O6/c1-18-12(16)8-10(7-11(14)15)19-13(17)9-5-3-2-4-6-9/h2-6,10H,7-8H2,1H3,(H,14,15)/t10-/m0/s1. The van der Waals surface area contributed by atoms with Gasteiger partial charge in [-0.3, -0.25) is 9.59 Å². The number of methoxy groups -OCH3 is 1. The number of aliphatic carboxylic acids is 1. The largest absolute Gasteiger partial charge is 0.481 e. The molecule has 6 nitrogen and oxygen atoms in total. The first-order valence-electron chi connectivity index (χ1n) is 5.57. The number of esters is 2. The summed E-state index contributed by atoms with van der Waals surface area (Å²) in [6.45, 7) is 0. The first-order valence-corrected chi connectivity index (χ1v) is 5.57. The van der Waals surface area contributed by atoms with Crippen LogP contribution >= 0.6 is 0 Å². The van der Waals surface area contributed by atoms with Crippen LogP contribution in [0.1, 0.15) is 23.2 Å². The van der Waals surface area contributed by atoms with Crippen molar-refractivity contribution in [3.8, 4) is 0 Å². The summed E-state index contributed by atoms with van der Waals surface area (Å²) in [7, 11) is 1.18. The fourth-order valence-corrected chi connectivity index (χ4v) is 1.41. The molecule has 0 saturated heterocycles. The van der Waals surface area contributed by atoms with Gasteiger partial charge in [0.25, 0.3) is 0 Å². The van der Waals surface area contributed by atoms with E-state index in [2.05, 4.69) is 4.74 Å². The number of hydrogen-bond donors (Lipinski definition) is 1. The number of carbonyl (C=O) groups is 3. The van der Waals surface area contributed by atoms with Crippen LogP contribution in [0.25, 0.3) is 0 Å². The van der Waals surface area contributed by atoms with Crippen LogP contribution in [-0.2, 0) is 19.1 Å². The molecule has 0 radical (unpaired) electrons. The van der Waals surface area contributed by atoms with Crippen molar-refractivity contribution in [2.45, 2.75) is 18.9 Å². The van der Waals surface area contributed by atoms with Crippen LogP contribution in [0, 0.1) is 0 Å². The highest BCUT2D eigenvalue weighted by Crippen LogP contribution is 2.10. The Morgan fingerprint density at radius 1 is 1.16 bits per heavy atom. The van der Waals surface area contributed by atoms with E-state index in [9.17, 15) is 14.4 Å². The fourth-order valence-electron chi connectivity index (χ4n) is 1.41. The highest BCUT2D eigenvalue weighted by Gasteiger charge is 2.22. The summed E-state index contributed by atoms with van der Waals surface area (Å²) in [5.74, 6) is -2.46. The molecule has 0 spiro atoms. The van der Waals surface area contributed by atoms with Crippen molar-refractivity contribution in [2.75, 3.05) is 7.11 Å². The van der Waals surface area contributed by atoms with Crippen molar-refractivity contribution in [3.63, 3.8) is 0 Å². The van der Waals surface area contributed by atoms with E-state index >= 15 is 0 Å². The Bertz CT molecular complexity index is 453. The van der Waals surface area contributed by atoms with Crippen LogP contribution in [0.2, 0.25) is 0 Å². The lowest BCUT2D eigenvalue weighted by atomic mass is 10.1. The van der Waals surface area contributed by atoms with Gasteiger partial charge < -0.3 is 14.6 Å². The molecule has 0 aliphatic rings. The Balaban J connectivity index is 2.68. The van der Waals surface area contributed by atoms with E-state index in [1.807, 2.05) is 0 Å². The number of carboxylic acid groups (broad SMARTS) is 1. The molecule has 0 saturated carbocycles. The van der Waals surface area contributed by atoms with Crippen LogP contribution in [0.3, 0.4) is 0 Å². The summed E-state index contributed by atoms with van der Waals surface area (Å²) in [6, 6.07) is 8.13. The summed E-state index contributed by atoms with van der Waals surface area (Å²) < 4.78 is 9.43. The molecule has 0 fully saturated rings. The second-order valence-electron chi connectivity index (χ2n) is 3.77. The third-order valence-corrected chi connectivity index (χ3v) is 2.31. The van der Waals surface area contributed by atoms with Crippen molar-refractivity contribution in [3.05, 3.63) is 35.9 Å². The lowest BCUT2D eigenvalue weighted by Gasteiger charge is -2.14. The molecule has 0 aliphatic carbocycles. The minimum atomic E-state index is -1.16. The average Bonchev–Trinajstić information content (AvgIpc) is 2.38. The summed E-state index contributed by atoms with van der Waals surface area (Å²) in [4.78, 5) is 33.5. The lowest BCUT2D eigenvalue weighted by Crippen LogP contribution is -2.25. The van der Waals surface area contributed by atoms with Gasteiger partial charge in [-0.05, 0) is 12.1 Å². The predicted molar refractivity (Wildman–Crippen MR) is 64.5 cm³/mol. The van der Waals surface area contributed by atoms with Crippen molar-refractivity contribution >= 4 is 17.9 Å². The van der Waals surface area contributed by atoms with Gasteiger partial charge in [-0.25, -0.2) is 4.79 Å². The summed E-state index contributed by atoms with van der Waals surface area (Å²) >= 11 is 0. The van der Waals surface area contributed by atoms with Gasteiger partial charge in [-0.15, -0.1) is 0 Å². The van der Waals surface area contributed by atoms with Crippen LogP contribution in [0.15, 0.2) is 30.3 Å². The molecule has 0 amide bonds. The zero-order valence-electron chi connectivity index (χ0n) is 10.4. The second kappa shape index (κ2) is 7.15. The van der Waals surface area contributed by atoms with E-state index in [1.54, 1.807) is 18.2 Å². The van der Waals surface area contributed by atoms with E-state index in [1.165, 1.54) is 19.2 Å². The summed E-state index contributed by atoms with van der Waals surface area (Å²) in [5, 5.41) is 8.71. The number of carboxylic acids is 1. The van der Waals surface area contributed by atoms with Gasteiger partial charge in [-0.1, -0.05) is 18.2 Å². The van der Waals surface area contributed by atoms with Crippen molar-refractivity contribution in [1.82, 2.24) is 0 Å². The van der Waals surface area contributed by atoms with Gasteiger partial charge >= 0.3 is 17.9 Å². The predicted octanol–water partition coefficient (Wildman–Crippen LogP) is 1.25. The molecule has 1 aromatic rings. The third kappa shape index (κ3) is 5.20. The number of carbonyl (C=O) groups excluding carboxylic acids is 2. The lowest BCUT2D eigenvalue weighted by molar-refractivity contribution is -0.145. The van der Waals surface area contributed by atoms with Gasteiger partial charge in [0.1, 0.15) is 6.10 Å². The number of rotatable bonds is 6. The molecule has 1 rings (SSSR count). The third-order valence-electron chi connectivity index (χ3n) is 2.31. The van der Waals surface area contributed by atoms with E-state index in [-0.39, 0.29) is 6.42 Å². The maximum absolute atomic E-state index is 11.7. The maximum Gasteiger partial charge on any atom is 0.338 e. The zero-order chi connectivity index (χ0) is 14.3. The van der Waals surface area contributed by atoms with Gasteiger partial charge in [0, 0.05) is 0 Å². The molecular weight excluding hydrogens is 252 g/mol. The first-order chi connectivity index (χ1) is 9.02. The molecule has 0 bridgehead atoms. The zero-order valence-corrected chi connectivity index (χ0v) is 10.4. The SMILES string of the molecule is COC(=O)C[C@H](CC(=O)O)OC(=O)c1ccccc1. The molecule has 0 aromatic heterocycles. The normalized spacial score (nSPS) is 11.4. The average molecular weight is 266 g/mol. The number of ether oxygens (including phenoxy) is 2. The van der Waals surface area contributed by atoms with Gasteiger partial charge in [-0.2, -0.15) is 0 Å². The number of benzene rings is 1. The fraction of sp³-hybridized carbons (Fsp3) is 0.308. The van der Waals surface area contributed by atoms with Crippen molar-refractivity contribution in [2.24, 2.45) is 0 Å². The van der Waals surface area contributed by atoms with E-state index in [4.69, 9.17) is 9.84 Å². The van der Waals surface area contributed by atoms with Crippen molar-refractivity contribution < 1.29 is 29.0 Å². The van der Waals surface area contributed by atoms with Crippen LogP contribution in [0.5, 0.6) is 0 Å². The smallest absolute Gasteiger partial charge is 0.338 e. The molecular formula is C13H14O6. The molecule has 1 atom stereocenters. The van der Waals surface area contributed by atoms with Crippen LogP contribution in [-0.4, -0.2) is 36.2 Å². The van der Waals surface area contributed by atoms with Crippen LogP contribution < -0.4 is 0 Å². The molecule has 0 unspecified atom stereocenters. The van der Waals surface area contributed by atoms with Gasteiger partial charge in [0.2, 0.25) is 0 Å². The molecule has 6 heteroatoms. The monoisotopic (exact) mass is 266 g/mol. The first kappa shape index (κ1) is 14.7. The minimum absolute atomic E-state index is 0.290. The Morgan fingerprint density at radius 2 is 1.79 bits per heavy atom. The van der Waals surface area contributed by atoms with Gasteiger partial charge in [0.15, 0.2) is 0 Å². The van der Waals surface area contributed by atoms with E-state index in [0.29, 0.717) is 5.56 Å². The highest BCUT2D eigenvalue weighted by molar-refractivity contribution is 5.89. The number of hydrogen-bond acceptors (Lipinski definition) is 5.